The van der Waals surface area contributed by atoms with Gasteiger partial charge in [0.2, 0.25) is 5.91 Å². The van der Waals surface area contributed by atoms with Crippen molar-refractivity contribution in [1.29, 1.82) is 0 Å². The van der Waals surface area contributed by atoms with Gasteiger partial charge >= 0.3 is 5.97 Å². The van der Waals surface area contributed by atoms with E-state index in [0.717, 1.165) is 47.4 Å². The third-order valence-electron chi connectivity index (χ3n) is 7.22. The third kappa shape index (κ3) is 6.28. The highest BCUT2D eigenvalue weighted by Gasteiger charge is 2.26. The van der Waals surface area contributed by atoms with Gasteiger partial charge in [0.25, 0.3) is 5.56 Å². The minimum Gasteiger partial charge on any atom is -0.480 e. The minimum absolute atomic E-state index is 0.0969. The molecule has 1 saturated heterocycles. The second-order valence-electron chi connectivity index (χ2n) is 10.6. The molecule has 1 aromatic carbocycles. The number of carboxylic acid groups (broad SMARTS) is 1. The van der Waals surface area contributed by atoms with Gasteiger partial charge in [0.15, 0.2) is 0 Å². The fourth-order valence-electron chi connectivity index (χ4n) is 5.00. The highest BCUT2D eigenvalue weighted by atomic mass is 16.4. The molecule has 37 heavy (non-hydrogen) atoms. The summed E-state index contributed by atoms with van der Waals surface area (Å²) in [5.41, 5.74) is 4.06. The molecule has 9 nitrogen and oxygen atoms in total. The van der Waals surface area contributed by atoms with Gasteiger partial charge in [0.1, 0.15) is 11.9 Å². The monoisotopic (exact) mass is 507 g/mol. The van der Waals surface area contributed by atoms with E-state index in [-0.39, 0.29) is 11.5 Å². The maximum absolute atomic E-state index is 12.0. The van der Waals surface area contributed by atoms with E-state index < -0.39 is 12.0 Å². The van der Waals surface area contributed by atoms with E-state index in [4.69, 9.17) is 4.98 Å². The van der Waals surface area contributed by atoms with Crippen LogP contribution in [0.3, 0.4) is 0 Å². The zero-order chi connectivity index (χ0) is 26.7. The lowest BCUT2D eigenvalue weighted by Gasteiger charge is -2.17. The summed E-state index contributed by atoms with van der Waals surface area (Å²) in [6.07, 6.45) is 4.05. The van der Waals surface area contributed by atoms with Gasteiger partial charge in [-0.25, -0.2) is 4.98 Å². The van der Waals surface area contributed by atoms with Crippen molar-refractivity contribution in [1.82, 2.24) is 24.8 Å². The Morgan fingerprint density at radius 3 is 2.68 bits per heavy atom. The number of carbonyl (C=O) groups excluding carboxylic acids is 1. The van der Waals surface area contributed by atoms with Crippen molar-refractivity contribution >= 4 is 22.9 Å². The molecule has 3 N–H and O–H groups in total. The van der Waals surface area contributed by atoms with Crippen molar-refractivity contribution in [2.45, 2.75) is 66.1 Å². The van der Waals surface area contributed by atoms with Crippen LogP contribution in [-0.2, 0) is 22.7 Å². The number of aromatic amines is 1. The Balaban J connectivity index is 1.63. The lowest BCUT2D eigenvalue weighted by molar-refractivity contribution is -0.139. The highest BCUT2D eigenvalue weighted by Crippen LogP contribution is 2.29. The number of carboxylic acids is 1. The number of aliphatic carboxylic acids is 1. The van der Waals surface area contributed by atoms with Crippen LogP contribution in [0, 0.1) is 18.8 Å². The van der Waals surface area contributed by atoms with Crippen molar-refractivity contribution in [3.8, 4) is 11.4 Å². The van der Waals surface area contributed by atoms with Crippen molar-refractivity contribution in [3.63, 3.8) is 0 Å². The number of hydrogen-bond acceptors (Lipinski definition) is 5. The minimum atomic E-state index is -0.835. The topological polar surface area (TPSA) is 120 Å². The Morgan fingerprint density at radius 1 is 1.24 bits per heavy atom. The maximum Gasteiger partial charge on any atom is 0.320 e. The van der Waals surface area contributed by atoms with E-state index in [1.807, 2.05) is 29.2 Å². The molecular weight excluding hydrogens is 470 g/mol. The lowest BCUT2D eigenvalue weighted by Crippen LogP contribution is -2.36. The van der Waals surface area contributed by atoms with Gasteiger partial charge in [-0.15, -0.1) is 0 Å². The Morgan fingerprint density at radius 2 is 2.03 bits per heavy atom. The Bertz CT molecular complexity index is 1340. The first kappa shape index (κ1) is 26.6. The van der Waals surface area contributed by atoms with Gasteiger partial charge < -0.3 is 24.9 Å². The van der Waals surface area contributed by atoms with E-state index in [1.54, 1.807) is 20.0 Å². The highest BCUT2D eigenvalue weighted by molar-refractivity contribution is 5.81. The first-order valence-corrected chi connectivity index (χ1v) is 13.0. The standard InChI is InChI=1S/C28H37N5O4/c1-17(2)5-7-23(28(36)37)29-13-20-6-8-25-24(12-20)31-26(22-11-18(3)27(35)30-14-22)33(25)16-21-9-10-32(15-21)19(4)34/h6,8,11-12,14,17,21,23,29H,5,7,9-10,13,15-16H2,1-4H3,(H,30,35)(H,36,37)/t21?,23-/m0/s1. The molecule has 0 aliphatic carbocycles. The van der Waals surface area contributed by atoms with E-state index in [0.29, 0.717) is 43.5 Å². The smallest absolute Gasteiger partial charge is 0.320 e. The first-order chi connectivity index (χ1) is 17.6. The van der Waals surface area contributed by atoms with Crippen molar-refractivity contribution in [2.24, 2.45) is 11.8 Å². The summed E-state index contributed by atoms with van der Waals surface area (Å²) < 4.78 is 2.18. The van der Waals surface area contributed by atoms with Gasteiger partial charge in [-0.3, -0.25) is 14.4 Å². The fraction of sp³-hybridized carbons (Fsp3) is 0.500. The molecule has 2 atom stereocenters. The fourth-order valence-corrected chi connectivity index (χ4v) is 5.00. The van der Waals surface area contributed by atoms with E-state index in [2.05, 4.69) is 28.7 Å². The summed E-state index contributed by atoms with van der Waals surface area (Å²) in [6.45, 7) is 10.2. The number of hydrogen-bond donors (Lipinski definition) is 3. The van der Waals surface area contributed by atoms with Gasteiger partial charge in [-0.05, 0) is 61.8 Å². The predicted octanol–water partition coefficient (Wildman–Crippen LogP) is 3.55. The molecule has 9 heteroatoms. The Labute approximate surface area is 216 Å². The predicted molar refractivity (Wildman–Crippen MR) is 143 cm³/mol. The van der Waals surface area contributed by atoms with Crippen molar-refractivity contribution < 1.29 is 14.7 Å². The Kier molecular flexibility index (Phi) is 8.12. The molecule has 1 aliphatic rings. The molecule has 2 aromatic heterocycles. The van der Waals surface area contributed by atoms with Crippen LogP contribution in [0.25, 0.3) is 22.4 Å². The van der Waals surface area contributed by atoms with Crippen molar-refractivity contribution in [3.05, 3.63) is 51.9 Å². The average Bonchev–Trinajstić information content (AvgIpc) is 3.46. The van der Waals surface area contributed by atoms with Gasteiger partial charge in [0, 0.05) is 50.4 Å². The third-order valence-corrected chi connectivity index (χ3v) is 7.22. The van der Waals surface area contributed by atoms with Crippen LogP contribution in [0.1, 0.15) is 51.2 Å². The molecule has 1 fully saturated rings. The number of H-pyrrole nitrogens is 1. The van der Waals surface area contributed by atoms with Crippen LogP contribution in [0.4, 0.5) is 0 Å². The molecule has 0 radical (unpaired) electrons. The van der Waals surface area contributed by atoms with Crippen LogP contribution in [0.15, 0.2) is 35.3 Å². The summed E-state index contributed by atoms with van der Waals surface area (Å²) in [7, 11) is 0. The average molecular weight is 508 g/mol. The number of rotatable bonds is 10. The van der Waals surface area contributed by atoms with E-state index >= 15 is 0 Å². The maximum atomic E-state index is 12.0. The normalized spacial score (nSPS) is 16.6. The second kappa shape index (κ2) is 11.3. The zero-order valence-corrected chi connectivity index (χ0v) is 22.1. The molecular formula is C28H37N5O4. The lowest BCUT2D eigenvalue weighted by atomic mass is 10.0. The number of nitrogens with zero attached hydrogens (tertiary/aromatic N) is 3. The zero-order valence-electron chi connectivity index (χ0n) is 22.1. The number of carbonyl (C=O) groups is 2. The van der Waals surface area contributed by atoms with Crippen LogP contribution < -0.4 is 10.9 Å². The SMILES string of the molecule is CC(=O)N1CCC(Cn2c(-c3c[nH]c(=O)c(C)c3)nc3cc(CN[C@@H](CCC(C)C)C(=O)O)ccc32)C1. The molecule has 0 spiro atoms. The number of likely N-dealkylation sites (tertiary alicyclic amines) is 1. The number of benzene rings is 1. The molecule has 1 amide bonds. The van der Waals surface area contributed by atoms with Crippen molar-refractivity contribution in [2.75, 3.05) is 13.1 Å². The molecule has 0 saturated carbocycles. The van der Waals surface area contributed by atoms with E-state index in [9.17, 15) is 19.5 Å². The second-order valence-corrected chi connectivity index (χ2v) is 10.6. The number of nitrogens with one attached hydrogen (secondary N) is 2. The molecule has 0 bridgehead atoms. The van der Waals surface area contributed by atoms with Crippen LogP contribution >= 0.6 is 0 Å². The largest absolute Gasteiger partial charge is 0.480 e. The molecule has 3 heterocycles. The molecule has 1 unspecified atom stereocenters. The Hall–Kier alpha value is -3.46. The quantitative estimate of drug-likeness (QED) is 0.386. The summed E-state index contributed by atoms with van der Waals surface area (Å²) in [5, 5.41) is 12.8. The summed E-state index contributed by atoms with van der Waals surface area (Å²) in [5.74, 6) is 0.780. The number of imidazole rings is 1. The number of aryl methyl sites for hydroxylation is 1. The van der Waals surface area contributed by atoms with E-state index in [1.165, 1.54) is 0 Å². The van der Waals surface area contributed by atoms with Gasteiger partial charge in [0.05, 0.1) is 11.0 Å². The first-order valence-electron chi connectivity index (χ1n) is 13.0. The van der Waals surface area contributed by atoms with Crippen LogP contribution in [-0.4, -0.2) is 55.5 Å². The summed E-state index contributed by atoms with van der Waals surface area (Å²) in [6, 6.07) is 7.29. The van der Waals surface area contributed by atoms with Gasteiger partial charge in [-0.2, -0.15) is 0 Å². The molecule has 1 aliphatic heterocycles. The summed E-state index contributed by atoms with van der Waals surface area (Å²) >= 11 is 0. The number of fused-ring (bicyclic) bond motifs is 1. The van der Waals surface area contributed by atoms with Gasteiger partial charge in [-0.1, -0.05) is 19.9 Å². The van der Waals surface area contributed by atoms with Crippen LogP contribution in [0.5, 0.6) is 0 Å². The number of aromatic nitrogens is 3. The van der Waals surface area contributed by atoms with Crippen LogP contribution in [0.2, 0.25) is 0 Å². The number of amides is 1. The molecule has 3 aromatic rings. The molecule has 4 rings (SSSR count). The number of pyridine rings is 1. The molecule has 198 valence electrons. The summed E-state index contributed by atoms with van der Waals surface area (Å²) in [4.78, 5) is 45.2.